The number of para-hydroxylation sites is 1. The van der Waals surface area contributed by atoms with Crippen molar-refractivity contribution >= 4 is 32.7 Å². The van der Waals surface area contributed by atoms with Crippen LogP contribution in [0.1, 0.15) is 11.1 Å². The molecule has 0 aliphatic heterocycles. The second kappa shape index (κ2) is 12.7. The van der Waals surface area contributed by atoms with Gasteiger partial charge in [-0.2, -0.15) is 0 Å². The van der Waals surface area contributed by atoms with Crippen LogP contribution in [-0.2, 0) is 20.1 Å². The van der Waals surface area contributed by atoms with Crippen LogP contribution in [0.15, 0.2) is 132 Å². The molecule has 4 aromatic heterocycles. The predicted molar refractivity (Wildman–Crippen MR) is 175 cm³/mol. The number of hydrogen-bond acceptors (Lipinski definition) is 4. The first-order valence-electron chi connectivity index (χ1n) is 14.2. The number of benzene rings is 4. The Morgan fingerprint density at radius 1 is 0.614 bits per heavy atom. The van der Waals surface area contributed by atoms with Gasteiger partial charge in [0.05, 0.1) is 5.58 Å². The SMILES string of the molecule is Cc1ccc(-c2[c-]cccc2)nc1.Cc1ccc2ccncc2c1-c1cccc2c1oc1c(-c3ccccn3)[c-]ccc12.[Ir]. The second-order valence-corrected chi connectivity index (χ2v) is 10.4. The summed E-state index contributed by atoms with van der Waals surface area (Å²) in [4.78, 5) is 13.2. The Labute approximate surface area is 269 Å². The van der Waals surface area contributed by atoms with Crippen LogP contribution in [0, 0.1) is 26.0 Å². The molecule has 0 unspecified atom stereocenters. The van der Waals surface area contributed by atoms with Crippen LogP contribution < -0.4 is 0 Å². The molecule has 8 rings (SSSR count). The van der Waals surface area contributed by atoms with E-state index in [0.717, 1.165) is 61.0 Å². The summed E-state index contributed by atoms with van der Waals surface area (Å²) in [6.45, 7) is 4.17. The monoisotopic (exact) mass is 746 g/mol. The quantitative estimate of drug-likeness (QED) is 0.169. The first kappa shape index (κ1) is 29.1. The molecule has 4 nitrogen and oxygen atoms in total. The van der Waals surface area contributed by atoms with E-state index in [1.54, 1.807) is 6.20 Å². The summed E-state index contributed by atoms with van der Waals surface area (Å²) < 4.78 is 6.54. The topological polar surface area (TPSA) is 51.8 Å². The first-order valence-corrected chi connectivity index (χ1v) is 14.2. The predicted octanol–water partition coefficient (Wildman–Crippen LogP) is 9.83. The van der Waals surface area contributed by atoms with Crippen molar-refractivity contribution in [2.24, 2.45) is 0 Å². The Kier molecular flexibility index (Phi) is 8.42. The van der Waals surface area contributed by atoms with Crippen LogP contribution in [-0.4, -0.2) is 15.0 Å². The molecular weight excluding hydrogens is 719 g/mol. The summed E-state index contributed by atoms with van der Waals surface area (Å²) in [6.07, 6.45) is 7.43. The average molecular weight is 746 g/mol. The van der Waals surface area contributed by atoms with E-state index in [1.165, 1.54) is 16.5 Å². The fourth-order valence-corrected chi connectivity index (χ4v) is 5.47. The number of nitrogens with zero attached hydrogens (tertiary/aromatic N) is 3. The van der Waals surface area contributed by atoms with E-state index in [2.05, 4.69) is 76.5 Å². The molecule has 44 heavy (non-hydrogen) atoms. The Bertz CT molecular complexity index is 2190. The molecule has 0 N–H and O–H groups in total. The summed E-state index contributed by atoms with van der Waals surface area (Å²) in [5, 5.41) is 4.46. The number of rotatable bonds is 3. The van der Waals surface area contributed by atoms with Crippen molar-refractivity contribution in [1.29, 1.82) is 0 Å². The minimum absolute atomic E-state index is 0. The maximum Gasteiger partial charge on any atom is 0.128 e. The van der Waals surface area contributed by atoms with Crippen molar-refractivity contribution in [1.82, 2.24) is 15.0 Å². The largest absolute Gasteiger partial charge is 0.500 e. The molecule has 0 saturated heterocycles. The van der Waals surface area contributed by atoms with Gasteiger partial charge in [-0.05, 0) is 59.4 Å². The van der Waals surface area contributed by atoms with E-state index >= 15 is 0 Å². The third kappa shape index (κ3) is 5.56. The smallest absolute Gasteiger partial charge is 0.128 e. The van der Waals surface area contributed by atoms with Crippen LogP contribution >= 0.6 is 0 Å². The summed E-state index contributed by atoms with van der Waals surface area (Å²) in [7, 11) is 0. The number of fused-ring (bicyclic) bond motifs is 4. The van der Waals surface area contributed by atoms with Crippen LogP contribution in [0.5, 0.6) is 0 Å². The standard InChI is InChI=1S/C27H17N2O.C12H10N.Ir/c1-17-11-12-18-13-15-28-16-23(18)25(17)22-9-5-7-20-19-6-4-8-21(26(19)30-27(20)22)24-10-2-3-14-29-24;1-10-7-8-12(13-9-10)11-5-3-2-4-6-11;/h2-7,9-16H,1H3;2-5,7-9H,1H3;/q2*-1;. The minimum Gasteiger partial charge on any atom is -0.500 e. The van der Waals surface area contributed by atoms with Crippen molar-refractivity contribution in [2.45, 2.75) is 13.8 Å². The normalized spacial score (nSPS) is 10.8. The van der Waals surface area contributed by atoms with E-state index in [0.29, 0.717) is 0 Å². The number of hydrogen-bond donors (Lipinski definition) is 0. The summed E-state index contributed by atoms with van der Waals surface area (Å²) in [5.74, 6) is 0. The van der Waals surface area contributed by atoms with Gasteiger partial charge in [0.15, 0.2) is 0 Å². The first-order chi connectivity index (χ1) is 21.2. The fraction of sp³-hybridized carbons (Fsp3) is 0.0513. The van der Waals surface area contributed by atoms with Gasteiger partial charge in [0.25, 0.3) is 0 Å². The zero-order chi connectivity index (χ0) is 29.2. The van der Waals surface area contributed by atoms with Crippen molar-refractivity contribution < 1.29 is 24.5 Å². The van der Waals surface area contributed by atoms with Gasteiger partial charge in [-0.15, -0.1) is 54.1 Å². The van der Waals surface area contributed by atoms with Crippen molar-refractivity contribution in [2.75, 3.05) is 0 Å². The Balaban J connectivity index is 0.000000207. The third-order valence-corrected chi connectivity index (χ3v) is 7.58. The van der Waals surface area contributed by atoms with Gasteiger partial charge >= 0.3 is 0 Å². The molecule has 8 aromatic rings. The molecule has 4 heterocycles. The summed E-state index contributed by atoms with van der Waals surface area (Å²) in [6, 6.07) is 41.0. The maximum absolute atomic E-state index is 6.54. The van der Waals surface area contributed by atoms with Gasteiger partial charge in [-0.3, -0.25) is 4.98 Å². The zero-order valence-electron chi connectivity index (χ0n) is 24.2. The van der Waals surface area contributed by atoms with Gasteiger partial charge in [0.2, 0.25) is 0 Å². The zero-order valence-corrected chi connectivity index (χ0v) is 26.6. The van der Waals surface area contributed by atoms with Crippen molar-refractivity contribution in [3.05, 3.63) is 151 Å². The van der Waals surface area contributed by atoms with Gasteiger partial charge in [0, 0.05) is 61.2 Å². The van der Waals surface area contributed by atoms with Crippen molar-refractivity contribution in [3.63, 3.8) is 0 Å². The molecule has 5 heteroatoms. The van der Waals surface area contributed by atoms with E-state index in [1.807, 2.05) is 86.2 Å². The Morgan fingerprint density at radius 3 is 2.30 bits per heavy atom. The van der Waals surface area contributed by atoms with Gasteiger partial charge < -0.3 is 14.4 Å². The maximum atomic E-state index is 6.54. The van der Waals surface area contributed by atoms with Crippen LogP contribution in [0.25, 0.3) is 66.4 Å². The third-order valence-electron chi connectivity index (χ3n) is 7.58. The van der Waals surface area contributed by atoms with Crippen molar-refractivity contribution in [3.8, 4) is 33.6 Å². The van der Waals surface area contributed by atoms with Crippen LogP contribution in [0.4, 0.5) is 0 Å². The summed E-state index contributed by atoms with van der Waals surface area (Å²) in [5.41, 5.74) is 10.1. The van der Waals surface area contributed by atoms with Crippen LogP contribution in [0.2, 0.25) is 0 Å². The van der Waals surface area contributed by atoms with E-state index < -0.39 is 0 Å². The molecule has 0 bridgehead atoms. The number of aryl methyl sites for hydroxylation is 2. The molecule has 1 radical (unpaired) electrons. The Hall–Kier alpha value is -4.96. The summed E-state index contributed by atoms with van der Waals surface area (Å²) >= 11 is 0. The molecule has 0 spiro atoms. The van der Waals surface area contributed by atoms with Gasteiger partial charge in [-0.25, -0.2) is 0 Å². The number of pyridine rings is 3. The van der Waals surface area contributed by atoms with Gasteiger partial charge in [-0.1, -0.05) is 65.5 Å². The number of aromatic nitrogens is 3. The van der Waals surface area contributed by atoms with Crippen LogP contribution in [0.3, 0.4) is 0 Å². The Morgan fingerprint density at radius 2 is 1.50 bits per heavy atom. The molecular formula is C39H27IrN3O-2. The fourth-order valence-electron chi connectivity index (χ4n) is 5.47. The van der Waals surface area contributed by atoms with Gasteiger partial charge in [0.1, 0.15) is 5.58 Å². The molecule has 0 atom stereocenters. The molecule has 0 amide bonds. The molecule has 4 aromatic carbocycles. The van der Waals surface area contributed by atoms with E-state index in [4.69, 9.17) is 4.42 Å². The minimum atomic E-state index is 0. The molecule has 0 fully saturated rings. The molecule has 215 valence electrons. The van der Waals surface area contributed by atoms with E-state index in [9.17, 15) is 0 Å². The second-order valence-electron chi connectivity index (χ2n) is 10.4. The molecule has 0 aliphatic carbocycles. The molecule has 0 saturated carbocycles. The molecule has 0 aliphatic rings. The average Bonchev–Trinajstić information content (AvgIpc) is 3.46. The van der Waals surface area contributed by atoms with E-state index in [-0.39, 0.29) is 20.1 Å². The number of furan rings is 1.